The molecule has 0 spiro atoms. The van der Waals surface area contributed by atoms with Crippen LogP contribution in [0.25, 0.3) is 10.8 Å². The molecule has 0 bridgehead atoms. The average Bonchev–Trinajstić information content (AvgIpc) is 2.18. The Morgan fingerprint density at radius 1 is 0.929 bits per heavy atom. The van der Waals surface area contributed by atoms with Crippen molar-refractivity contribution in [1.29, 1.82) is 0 Å². The molecule has 0 N–H and O–H groups in total. The molecule has 2 rings (SSSR count). The highest BCUT2D eigenvalue weighted by atomic mass is 32.2. The summed E-state index contributed by atoms with van der Waals surface area (Å²) in [7, 11) is -2.85. The molecule has 0 saturated carbocycles. The third-order valence-corrected chi connectivity index (χ3v) is 2.27. The number of thiol groups is 1. The Bertz CT molecular complexity index is 518. The summed E-state index contributed by atoms with van der Waals surface area (Å²) in [5, 5.41) is 1.76. The Kier molecular flexibility index (Phi) is 2.37. The number of benzene rings is 2. The van der Waals surface area contributed by atoms with E-state index in [4.69, 9.17) is 0 Å². The quantitative estimate of drug-likeness (QED) is 0.764. The summed E-state index contributed by atoms with van der Waals surface area (Å²) in [6.45, 7) is 0. The van der Waals surface area contributed by atoms with E-state index in [0.29, 0.717) is 5.75 Å². The molecule has 0 amide bonds. The number of hydrogen-bond acceptors (Lipinski definition) is 3. The van der Waals surface area contributed by atoms with E-state index in [1.165, 1.54) is 0 Å². The maximum atomic E-state index is 10.4. The lowest BCUT2D eigenvalue weighted by molar-refractivity contribution is 0.513. The first kappa shape index (κ1) is 9.02. The minimum Gasteiger partial charge on any atom is -0.384 e. The topological polar surface area (TPSA) is 43.4 Å². The summed E-state index contributed by atoms with van der Waals surface area (Å²) in [5.41, 5.74) is 0. The fraction of sp³-hybridized carbons (Fsp3) is 0. The molecule has 72 valence electrons. The van der Waals surface area contributed by atoms with Gasteiger partial charge in [0.05, 0.1) is 0 Å². The zero-order chi connectivity index (χ0) is 9.97. The summed E-state index contributed by atoms with van der Waals surface area (Å²) in [6, 6.07) is 12.8. The SMILES string of the molecule is O=[SH](=O)Oc1cccc2ccccc12. The van der Waals surface area contributed by atoms with Crippen LogP contribution in [0, 0.1) is 0 Å². The van der Waals surface area contributed by atoms with Crippen molar-refractivity contribution in [3.05, 3.63) is 42.5 Å². The van der Waals surface area contributed by atoms with Gasteiger partial charge in [-0.2, -0.15) is 8.42 Å². The fourth-order valence-corrected chi connectivity index (χ4v) is 1.68. The van der Waals surface area contributed by atoms with E-state index >= 15 is 0 Å². The molecule has 0 atom stereocenters. The molecular formula is C10H8O3S. The molecule has 0 fully saturated rings. The zero-order valence-electron chi connectivity index (χ0n) is 7.21. The number of rotatable bonds is 2. The van der Waals surface area contributed by atoms with Gasteiger partial charge in [-0.3, -0.25) is 0 Å². The average molecular weight is 208 g/mol. The predicted molar refractivity (Wildman–Crippen MR) is 54.9 cm³/mol. The molecular weight excluding hydrogens is 200 g/mol. The zero-order valence-corrected chi connectivity index (χ0v) is 8.11. The van der Waals surface area contributed by atoms with Crippen LogP contribution in [-0.2, 0) is 11.0 Å². The van der Waals surface area contributed by atoms with Crippen molar-refractivity contribution in [2.45, 2.75) is 0 Å². The standard InChI is InChI=1S/C10H8O3S/c11-14(12)13-10-7-3-5-8-4-1-2-6-9(8)10/h1-7,14H. The smallest absolute Gasteiger partial charge is 0.299 e. The third-order valence-electron chi connectivity index (χ3n) is 1.92. The highest BCUT2D eigenvalue weighted by Gasteiger charge is 2.00. The Hall–Kier alpha value is -1.55. The second-order valence-corrected chi connectivity index (χ2v) is 3.42. The summed E-state index contributed by atoms with van der Waals surface area (Å²) >= 11 is 0. The maximum absolute atomic E-state index is 10.4. The van der Waals surface area contributed by atoms with E-state index in [1.807, 2.05) is 30.3 Å². The van der Waals surface area contributed by atoms with Crippen molar-refractivity contribution < 1.29 is 12.6 Å². The van der Waals surface area contributed by atoms with E-state index in [2.05, 4.69) is 4.18 Å². The maximum Gasteiger partial charge on any atom is 0.299 e. The molecule has 14 heavy (non-hydrogen) atoms. The second kappa shape index (κ2) is 3.67. The highest BCUT2D eigenvalue weighted by molar-refractivity contribution is 7.67. The van der Waals surface area contributed by atoms with Crippen molar-refractivity contribution in [2.24, 2.45) is 0 Å². The van der Waals surface area contributed by atoms with Crippen molar-refractivity contribution in [3.63, 3.8) is 0 Å². The second-order valence-electron chi connectivity index (χ2n) is 2.79. The molecule has 0 heterocycles. The lowest BCUT2D eigenvalue weighted by Gasteiger charge is -2.02. The van der Waals surface area contributed by atoms with Gasteiger partial charge in [0.25, 0.3) is 11.0 Å². The number of hydrogen-bond donors (Lipinski definition) is 1. The molecule has 2 aromatic rings. The molecule has 0 aliphatic carbocycles. The largest absolute Gasteiger partial charge is 0.384 e. The summed E-state index contributed by atoms with van der Waals surface area (Å²) in [4.78, 5) is 0. The van der Waals surface area contributed by atoms with Gasteiger partial charge < -0.3 is 4.18 Å². The van der Waals surface area contributed by atoms with Gasteiger partial charge in [0.1, 0.15) is 5.75 Å². The third kappa shape index (κ3) is 1.70. The van der Waals surface area contributed by atoms with Crippen LogP contribution in [0.15, 0.2) is 42.5 Å². The van der Waals surface area contributed by atoms with Gasteiger partial charge in [-0.25, -0.2) is 0 Å². The predicted octanol–water partition coefficient (Wildman–Crippen LogP) is 1.74. The minimum absolute atomic E-state index is 0.374. The molecule has 0 radical (unpaired) electrons. The molecule has 3 nitrogen and oxygen atoms in total. The van der Waals surface area contributed by atoms with Crippen LogP contribution < -0.4 is 4.18 Å². The van der Waals surface area contributed by atoms with Gasteiger partial charge >= 0.3 is 0 Å². The lowest BCUT2D eigenvalue weighted by atomic mass is 10.1. The normalized spacial score (nSPS) is 10.6. The summed E-state index contributed by atoms with van der Waals surface area (Å²) < 4.78 is 25.5. The van der Waals surface area contributed by atoms with Gasteiger partial charge in [0, 0.05) is 5.39 Å². The minimum atomic E-state index is -2.85. The van der Waals surface area contributed by atoms with Crippen LogP contribution in [0.4, 0.5) is 0 Å². The van der Waals surface area contributed by atoms with Gasteiger partial charge in [-0.05, 0) is 11.5 Å². The van der Waals surface area contributed by atoms with Crippen LogP contribution in [-0.4, -0.2) is 8.42 Å². The fourth-order valence-electron chi connectivity index (χ4n) is 1.36. The first-order chi connectivity index (χ1) is 6.77. The van der Waals surface area contributed by atoms with Crippen LogP contribution in [0.2, 0.25) is 0 Å². The van der Waals surface area contributed by atoms with Crippen LogP contribution >= 0.6 is 0 Å². The van der Waals surface area contributed by atoms with Crippen LogP contribution in [0.3, 0.4) is 0 Å². The van der Waals surface area contributed by atoms with E-state index < -0.39 is 11.0 Å². The summed E-state index contributed by atoms with van der Waals surface area (Å²) in [6.07, 6.45) is 0. The van der Waals surface area contributed by atoms with Crippen molar-refractivity contribution in [2.75, 3.05) is 0 Å². The molecule has 0 unspecified atom stereocenters. The monoisotopic (exact) mass is 208 g/mol. The van der Waals surface area contributed by atoms with Crippen LogP contribution in [0.5, 0.6) is 5.75 Å². The Morgan fingerprint density at radius 2 is 1.64 bits per heavy atom. The van der Waals surface area contributed by atoms with E-state index in [9.17, 15) is 8.42 Å². The van der Waals surface area contributed by atoms with E-state index in [1.54, 1.807) is 12.1 Å². The first-order valence-electron chi connectivity index (χ1n) is 4.07. The van der Waals surface area contributed by atoms with Crippen molar-refractivity contribution >= 4 is 21.8 Å². The van der Waals surface area contributed by atoms with Crippen molar-refractivity contribution in [3.8, 4) is 5.75 Å². The molecule has 4 heteroatoms. The van der Waals surface area contributed by atoms with Crippen LogP contribution in [0.1, 0.15) is 0 Å². The Balaban J connectivity index is 2.64. The van der Waals surface area contributed by atoms with Gasteiger partial charge in [0.2, 0.25) is 0 Å². The first-order valence-corrected chi connectivity index (χ1v) is 5.17. The molecule has 0 aliphatic rings. The van der Waals surface area contributed by atoms with Crippen molar-refractivity contribution in [1.82, 2.24) is 0 Å². The lowest BCUT2D eigenvalue weighted by Crippen LogP contribution is -1.90. The van der Waals surface area contributed by atoms with Gasteiger partial charge in [-0.15, -0.1) is 0 Å². The van der Waals surface area contributed by atoms with Gasteiger partial charge in [-0.1, -0.05) is 36.4 Å². The van der Waals surface area contributed by atoms with E-state index in [0.717, 1.165) is 10.8 Å². The van der Waals surface area contributed by atoms with Gasteiger partial charge in [0.15, 0.2) is 0 Å². The molecule has 2 aromatic carbocycles. The number of fused-ring (bicyclic) bond motifs is 1. The Labute approximate surface area is 83.1 Å². The summed E-state index contributed by atoms with van der Waals surface area (Å²) in [5.74, 6) is 0.374. The highest BCUT2D eigenvalue weighted by Crippen LogP contribution is 2.24. The molecule has 0 aromatic heterocycles. The molecule has 0 saturated heterocycles. The Morgan fingerprint density at radius 3 is 2.43 bits per heavy atom. The molecule has 0 aliphatic heterocycles. The van der Waals surface area contributed by atoms with E-state index in [-0.39, 0.29) is 0 Å².